The first-order valence-corrected chi connectivity index (χ1v) is 8.01. The third-order valence-corrected chi connectivity index (χ3v) is 4.62. The Bertz CT molecular complexity index is 329. The van der Waals surface area contributed by atoms with Gasteiger partial charge in [0, 0.05) is 18.6 Å². The molecule has 2 rings (SSSR count). The summed E-state index contributed by atoms with van der Waals surface area (Å²) in [4.78, 5) is 2.63. The molecule has 2 aliphatic carbocycles. The van der Waals surface area contributed by atoms with E-state index in [1.165, 1.54) is 32.2 Å². The van der Waals surface area contributed by atoms with Crippen LogP contribution in [0, 0.1) is 17.2 Å². The highest BCUT2D eigenvalue weighted by Gasteiger charge is 2.39. The molecule has 0 heterocycles. The van der Waals surface area contributed by atoms with E-state index in [1.807, 2.05) is 0 Å². The average Bonchev–Trinajstić information content (AvgIpc) is 3.19. The van der Waals surface area contributed by atoms with Crippen LogP contribution in [0.2, 0.25) is 0 Å². The van der Waals surface area contributed by atoms with E-state index in [9.17, 15) is 5.26 Å². The molecule has 2 saturated carbocycles. The molecule has 19 heavy (non-hydrogen) atoms. The van der Waals surface area contributed by atoms with Crippen molar-refractivity contribution in [2.75, 3.05) is 13.1 Å². The zero-order valence-corrected chi connectivity index (χ0v) is 12.8. The van der Waals surface area contributed by atoms with E-state index in [1.54, 1.807) is 0 Å². The molecule has 3 nitrogen and oxygen atoms in total. The minimum atomic E-state index is -0.284. The molecule has 2 atom stereocenters. The second-order valence-electron chi connectivity index (χ2n) is 6.77. The second kappa shape index (κ2) is 6.24. The summed E-state index contributed by atoms with van der Waals surface area (Å²) >= 11 is 0. The van der Waals surface area contributed by atoms with Gasteiger partial charge in [-0.25, -0.2) is 0 Å². The fourth-order valence-corrected chi connectivity index (χ4v) is 3.54. The number of nitrogens with zero attached hydrogens (tertiary/aromatic N) is 2. The highest BCUT2D eigenvalue weighted by Crippen LogP contribution is 2.35. The summed E-state index contributed by atoms with van der Waals surface area (Å²) in [5.74, 6) is 0.941. The Hall–Kier alpha value is -0.590. The molecule has 1 N–H and O–H groups in total. The van der Waals surface area contributed by atoms with Crippen molar-refractivity contribution in [2.45, 2.75) is 76.9 Å². The fraction of sp³-hybridized carbons (Fsp3) is 0.938. The predicted octanol–water partition coefficient (Wildman–Crippen LogP) is 2.92. The molecule has 0 amide bonds. The molecule has 0 aromatic carbocycles. The third-order valence-electron chi connectivity index (χ3n) is 4.62. The normalized spacial score (nSPS) is 31.7. The van der Waals surface area contributed by atoms with Crippen LogP contribution in [0.4, 0.5) is 0 Å². The van der Waals surface area contributed by atoms with Crippen LogP contribution in [0.1, 0.15) is 59.3 Å². The van der Waals surface area contributed by atoms with Crippen molar-refractivity contribution in [1.29, 1.82) is 5.26 Å². The van der Waals surface area contributed by atoms with E-state index in [0.29, 0.717) is 12.1 Å². The topological polar surface area (TPSA) is 39.1 Å². The zero-order chi connectivity index (χ0) is 13.9. The molecule has 0 aromatic rings. The van der Waals surface area contributed by atoms with Crippen molar-refractivity contribution >= 4 is 0 Å². The van der Waals surface area contributed by atoms with Gasteiger partial charge in [-0.1, -0.05) is 6.92 Å². The van der Waals surface area contributed by atoms with Crippen molar-refractivity contribution in [1.82, 2.24) is 10.2 Å². The molecule has 0 aromatic heterocycles. The molecule has 2 unspecified atom stereocenters. The first kappa shape index (κ1) is 14.8. The van der Waals surface area contributed by atoms with Crippen LogP contribution in [-0.2, 0) is 0 Å². The van der Waals surface area contributed by atoms with E-state index < -0.39 is 0 Å². The van der Waals surface area contributed by atoms with Gasteiger partial charge >= 0.3 is 0 Å². The van der Waals surface area contributed by atoms with Gasteiger partial charge in [-0.15, -0.1) is 0 Å². The van der Waals surface area contributed by atoms with E-state index in [4.69, 9.17) is 0 Å². The maximum atomic E-state index is 9.63. The largest absolute Gasteiger partial charge is 0.300 e. The number of nitrogens with one attached hydrogen (secondary N) is 1. The van der Waals surface area contributed by atoms with Crippen molar-refractivity contribution in [3.05, 3.63) is 0 Å². The first-order chi connectivity index (χ1) is 9.08. The lowest BCUT2D eigenvalue weighted by Crippen LogP contribution is -2.55. The van der Waals surface area contributed by atoms with Crippen LogP contribution in [0.15, 0.2) is 0 Å². The van der Waals surface area contributed by atoms with Crippen molar-refractivity contribution < 1.29 is 0 Å². The third kappa shape index (κ3) is 3.94. The summed E-state index contributed by atoms with van der Waals surface area (Å²) in [7, 11) is 0. The maximum absolute atomic E-state index is 9.63. The molecule has 108 valence electrons. The van der Waals surface area contributed by atoms with E-state index in [-0.39, 0.29) is 5.54 Å². The summed E-state index contributed by atoms with van der Waals surface area (Å²) in [6, 6.07) is 3.58. The molecule has 2 fully saturated rings. The fourth-order valence-electron chi connectivity index (χ4n) is 3.54. The minimum Gasteiger partial charge on any atom is -0.300 e. The average molecular weight is 263 g/mol. The smallest absolute Gasteiger partial charge is 0.108 e. The quantitative estimate of drug-likeness (QED) is 0.801. The zero-order valence-electron chi connectivity index (χ0n) is 12.8. The van der Waals surface area contributed by atoms with Crippen molar-refractivity contribution in [3.63, 3.8) is 0 Å². The summed E-state index contributed by atoms with van der Waals surface area (Å²) in [6.45, 7) is 8.94. The van der Waals surface area contributed by atoms with Crippen molar-refractivity contribution in [2.24, 2.45) is 5.92 Å². The number of nitriles is 1. The van der Waals surface area contributed by atoms with Crippen LogP contribution in [0.5, 0.6) is 0 Å². The van der Waals surface area contributed by atoms with Gasteiger partial charge in [0.05, 0.1) is 6.07 Å². The van der Waals surface area contributed by atoms with E-state index >= 15 is 0 Å². The van der Waals surface area contributed by atoms with Crippen LogP contribution >= 0.6 is 0 Å². The summed E-state index contributed by atoms with van der Waals surface area (Å²) in [6.07, 6.45) is 7.29. The van der Waals surface area contributed by atoms with Crippen molar-refractivity contribution in [3.8, 4) is 6.07 Å². The Morgan fingerprint density at radius 3 is 2.63 bits per heavy atom. The number of hydrogen-bond acceptors (Lipinski definition) is 3. The number of hydrogen-bond donors (Lipinski definition) is 1. The lowest BCUT2D eigenvalue weighted by atomic mass is 9.78. The Labute approximate surface area is 118 Å². The van der Waals surface area contributed by atoms with Gasteiger partial charge in [-0.3, -0.25) is 5.32 Å². The maximum Gasteiger partial charge on any atom is 0.108 e. The molecule has 0 aliphatic heterocycles. The molecule has 0 saturated heterocycles. The Kier molecular flexibility index (Phi) is 4.86. The SMILES string of the molecule is CCN(CC1CC1)C1CCCC(C#N)(NC(C)C)C1. The predicted molar refractivity (Wildman–Crippen MR) is 78.8 cm³/mol. The standard InChI is InChI=1S/C16H29N3/c1-4-19(11-14-7-8-14)15-6-5-9-16(10-15,12-17)18-13(2)3/h13-15,18H,4-11H2,1-3H3. The first-order valence-electron chi connectivity index (χ1n) is 8.01. The summed E-state index contributed by atoms with van der Waals surface area (Å²) < 4.78 is 0. The van der Waals surface area contributed by atoms with Gasteiger partial charge < -0.3 is 4.90 Å². The van der Waals surface area contributed by atoms with Gasteiger partial charge in [0.1, 0.15) is 5.54 Å². The van der Waals surface area contributed by atoms with Crippen LogP contribution in [0.3, 0.4) is 0 Å². The molecule has 3 heteroatoms. The monoisotopic (exact) mass is 263 g/mol. The van der Waals surface area contributed by atoms with Crippen LogP contribution in [-0.4, -0.2) is 35.6 Å². The molecular weight excluding hydrogens is 234 g/mol. The Morgan fingerprint density at radius 2 is 2.11 bits per heavy atom. The minimum absolute atomic E-state index is 0.284. The summed E-state index contributed by atoms with van der Waals surface area (Å²) in [5.41, 5.74) is -0.284. The highest BCUT2D eigenvalue weighted by molar-refractivity contribution is 5.11. The van der Waals surface area contributed by atoms with Gasteiger partial charge in [-0.05, 0) is 64.8 Å². The van der Waals surface area contributed by atoms with Crippen LogP contribution < -0.4 is 5.32 Å². The molecule has 0 bridgehead atoms. The van der Waals surface area contributed by atoms with Gasteiger partial charge in [0.15, 0.2) is 0 Å². The lowest BCUT2D eigenvalue weighted by Gasteiger charge is -2.42. The second-order valence-corrected chi connectivity index (χ2v) is 6.77. The number of rotatable bonds is 6. The van der Waals surface area contributed by atoms with Gasteiger partial charge in [0.2, 0.25) is 0 Å². The summed E-state index contributed by atoms with van der Waals surface area (Å²) in [5, 5.41) is 13.2. The van der Waals surface area contributed by atoms with Crippen LogP contribution in [0.25, 0.3) is 0 Å². The molecule has 2 aliphatic rings. The highest BCUT2D eigenvalue weighted by atomic mass is 15.2. The molecule has 0 spiro atoms. The van der Waals surface area contributed by atoms with Gasteiger partial charge in [0.25, 0.3) is 0 Å². The molecular formula is C16H29N3. The Morgan fingerprint density at radius 1 is 1.37 bits per heavy atom. The van der Waals surface area contributed by atoms with Gasteiger partial charge in [-0.2, -0.15) is 5.26 Å². The Balaban J connectivity index is 1.99. The van der Waals surface area contributed by atoms with E-state index in [0.717, 1.165) is 25.3 Å². The molecule has 0 radical (unpaired) electrons. The lowest BCUT2D eigenvalue weighted by molar-refractivity contribution is 0.117. The van der Waals surface area contributed by atoms with E-state index in [2.05, 4.69) is 37.1 Å².